The Bertz CT molecular complexity index is 305. The molecule has 0 saturated carbocycles. The minimum Gasteiger partial charge on any atom is -0.350 e. The topological polar surface area (TPSA) is 67.5 Å². The molecule has 84 valence electrons. The number of rotatable bonds is 2. The van der Waals surface area contributed by atoms with Crippen molar-refractivity contribution in [1.29, 1.82) is 0 Å². The standard InChI is InChI=1S/C11H19N3O/c1-8-5-4-6-11(2,3)9(8)7-13-14-10(12)15/h5,7,9H,4,6H2,1-3H3,(H3,12,14,15). The van der Waals surface area contributed by atoms with Crippen LogP contribution in [0, 0.1) is 11.3 Å². The maximum absolute atomic E-state index is 10.5. The number of carbonyl (C=O) groups is 1. The van der Waals surface area contributed by atoms with E-state index in [2.05, 4.69) is 37.4 Å². The lowest BCUT2D eigenvalue weighted by molar-refractivity contribution is 0.248. The van der Waals surface area contributed by atoms with Gasteiger partial charge in [-0.2, -0.15) is 5.10 Å². The number of hydrogen-bond donors (Lipinski definition) is 2. The van der Waals surface area contributed by atoms with Gasteiger partial charge in [-0.15, -0.1) is 0 Å². The van der Waals surface area contributed by atoms with Crippen LogP contribution in [0.3, 0.4) is 0 Å². The number of carbonyl (C=O) groups excluding carboxylic acids is 1. The number of nitrogens with zero attached hydrogens (tertiary/aromatic N) is 1. The smallest absolute Gasteiger partial charge is 0.332 e. The lowest BCUT2D eigenvalue weighted by Crippen LogP contribution is -2.31. The molecule has 15 heavy (non-hydrogen) atoms. The number of primary amides is 1. The molecule has 0 bridgehead atoms. The predicted molar refractivity (Wildman–Crippen MR) is 61.5 cm³/mol. The SMILES string of the molecule is CC1=CCCC(C)(C)C1C=NNC(N)=O. The second-order valence-corrected chi connectivity index (χ2v) is 4.71. The molecule has 0 saturated heterocycles. The molecule has 3 N–H and O–H groups in total. The zero-order valence-electron chi connectivity index (χ0n) is 9.58. The summed E-state index contributed by atoms with van der Waals surface area (Å²) in [6, 6.07) is -0.624. The largest absolute Gasteiger partial charge is 0.350 e. The summed E-state index contributed by atoms with van der Waals surface area (Å²) in [5, 5.41) is 3.85. The van der Waals surface area contributed by atoms with Crippen LogP contribution in [0.4, 0.5) is 4.79 Å². The van der Waals surface area contributed by atoms with Crippen LogP contribution in [-0.4, -0.2) is 12.2 Å². The molecule has 1 unspecified atom stereocenters. The minimum atomic E-state index is -0.624. The van der Waals surface area contributed by atoms with Gasteiger partial charge in [-0.05, 0) is 25.2 Å². The fourth-order valence-corrected chi connectivity index (χ4v) is 2.07. The van der Waals surface area contributed by atoms with Crippen molar-refractivity contribution in [1.82, 2.24) is 5.43 Å². The summed E-state index contributed by atoms with van der Waals surface area (Å²) in [5.41, 5.74) is 8.67. The Morgan fingerprint density at radius 2 is 2.40 bits per heavy atom. The highest BCUT2D eigenvalue weighted by Gasteiger charge is 2.31. The summed E-state index contributed by atoms with van der Waals surface area (Å²) in [4.78, 5) is 10.5. The molecule has 0 aromatic carbocycles. The van der Waals surface area contributed by atoms with Gasteiger partial charge in [0.2, 0.25) is 0 Å². The van der Waals surface area contributed by atoms with Crippen molar-refractivity contribution in [3.8, 4) is 0 Å². The molecule has 0 aromatic heterocycles. The zero-order chi connectivity index (χ0) is 11.5. The number of hydrazone groups is 1. The summed E-state index contributed by atoms with van der Waals surface area (Å²) in [5.74, 6) is 0.276. The summed E-state index contributed by atoms with van der Waals surface area (Å²) in [6.45, 7) is 6.52. The molecule has 0 aromatic rings. The van der Waals surface area contributed by atoms with E-state index in [-0.39, 0.29) is 11.3 Å². The number of hydrogen-bond acceptors (Lipinski definition) is 2. The number of amides is 2. The zero-order valence-corrected chi connectivity index (χ0v) is 9.58. The van der Waals surface area contributed by atoms with Crippen LogP contribution in [0.2, 0.25) is 0 Å². The molecule has 1 rings (SSSR count). The van der Waals surface area contributed by atoms with Gasteiger partial charge >= 0.3 is 6.03 Å². The molecule has 1 aliphatic rings. The average Bonchev–Trinajstić information content (AvgIpc) is 2.09. The molecule has 0 heterocycles. The number of allylic oxidation sites excluding steroid dienone is 2. The van der Waals surface area contributed by atoms with E-state index in [4.69, 9.17) is 5.73 Å². The summed E-state index contributed by atoms with van der Waals surface area (Å²) in [7, 11) is 0. The summed E-state index contributed by atoms with van der Waals surface area (Å²) < 4.78 is 0. The Morgan fingerprint density at radius 1 is 1.73 bits per heavy atom. The molecule has 1 aliphatic carbocycles. The van der Waals surface area contributed by atoms with Gasteiger partial charge in [0.15, 0.2) is 0 Å². The molecule has 0 aliphatic heterocycles. The van der Waals surface area contributed by atoms with E-state index in [1.54, 1.807) is 6.21 Å². The van der Waals surface area contributed by atoms with Crippen LogP contribution in [0.5, 0.6) is 0 Å². The van der Waals surface area contributed by atoms with Gasteiger partial charge in [-0.3, -0.25) is 0 Å². The Labute approximate surface area is 90.6 Å². The van der Waals surface area contributed by atoms with Gasteiger partial charge in [0, 0.05) is 12.1 Å². The van der Waals surface area contributed by atoms with Gasteiger partial charge < -0.3 is 5.73 Å². The van der Waals surface area contributed by atoms with Gasteiger partial charge in [-0.1, -0.05) is 25.5 Å². The first-order valence-corrected chi connectivity index (χ1v) is 5.19. The first-order chi connectivity index (χ1) is 6.93. The van der Waals surface area contributed by atoms with Crippen LogP contribution in [-0.2, 0) is 0 Å². The van der Waals surface area contributed by atoms with Crippen molar-refractivity contribution >= 4 is 12.2 Å². The van der Waals surface area contributed by atoms with E-state index in [0.717, 1.165) is 12.8 Å². The van der Waals surface area contributed by atoms with Crippen LogP contribution >= 0.6 is 0 Å². The highest BCUT2D eigenvalue weighted by molar-refractivity contribution is 5.74. The Morgan fingerprint density at radius 3 is 2.93 bits per heavy atom. The number of urea groups is 1. The molecule has 4 nitrogen and oxygen atoms in total. The Hall–Kier alpha value is -1.32. The molecular formula is C11H19N3O. The molecule has 1 atom stereocenters. The van der Waals surface area contributed by atoms with Crippen molar-refractivity contribution < 1.29 is 4.79 Å². The van der Waals surface area contributed by atoms with Crippen LogP contribution < -0.4 is 11.2 Å². The average molecular weight is 209 g/mol. The maximum Gasteiger partial charge on any atom is 0.332 e. The molecule has 4 heteroatoms. The van der Waals surface area contributed by atoms with E-state index in [0.29, 0.717) is 0 Å². The second-order valence-electron chi connectivity index (χ2n) is 4.71. The molecule has 2 amide bonds. The van der Waals surface area contributed by atoms with E-state index in [1.807, 2.05) is 0 Å². The monoisotopic (exact) mass is 209 g/mol. The Balaban J connectivity index is 2.72. The van der Waals surface area contributed by atoms with Crippen molar-refractivity contribution in [2.24, 2.45) is 22.2 Å². The van der Waals surface area contributed by atoms with Gasteiger partial charge in [-0.25, -0.2) is 10.2 Å². The van der Waals surface area contributed by atoms with Crippen molar-refractivity contribution in [2.45, 2.75) is 33.6 Å². The van der Waals surface area contributed by atoms with E-state index < -0.39 is 6.03 Å². The van der Waals surface area contributed by atoms with Crippen LogP contribution in [0.25, 0.3) is 0 Å². The summed E-state index contributed by atoms with van der Waals surface area (Å²) in [6.07, 6.45) is 6.26. The fraction of sp³-hybridized carbons (Fsp3) is 0.636. The van der Waals surface area contributed by atoms with Gasteiger partial charge in [0.05, 0.1) is 0 Å². The van der Waals surface area contributed by atoms with Crippen LogP contribution in [0.15, 0.2) is 16.8 Å². The number of nitrogens with one attached hydrogen (secondary N) is 1. The second kappa shape index (κ2) is 4.47. The van der Waals surface area contributed by atoms with E-state index in [1.165, 1.54) is 5.57 Å². The fourth-order valence-electron chi connectivity index (χ4n) is 2.07. The minimum absolute atomic E-state index is 0.196. The van der Waals surface area contributed by atoms with Gasteiger partial charge in [0.1, 0.15) is 0 Å². The first kappa shape index (κ1) is 11.8. The first-order valence-electron chi connectivity index (χ1n) is 5.19. The highest BCUT2D eigenvalue weighted by atomic mass is 16.2. The molecule has 0 fully saturated rings. The van der Waals surface area contributed by atoms with Crippen molar-refractivity contribution in [3.63, 3.8) is 0 Å². The molecule has 0 spiro atoms. The van der Waals surface area contributed by atoms with E-state index >= 15 is 0 Å². The third kappa shape index (κ3) is 3.08. The lowest BCUT2D eigenvalue weighted by atomic mass is 9.69. The highest BCUT2D eigenvalue weighted by Crippen LogP contribution is 2.39. The Kier molecular flexibility index (Phi) is 3.50. The molecule has 0 radical (unpaired) electrons. The van der Waals surface area contributed by atoms with Crippen molar-refractivity contribution in [3.05, 3.63) is 11.6 Å². The molecular weight excluding hydrogens is 190 g/mol. The quantitative estimate of drug-likeness (QED) is 0.408. The van der Waals surface area contributed by atoms with Crippen molar-refractivity contribution in [2.75, 3.05) is 0 Å². The van der Waals surface area contributed by atoms with Gasteiger partial charge in [0.25, 0.3) is 0 Å². The third-order valence-corrected chi connectivity index (χ3v) is 2.99. The normalized spacial score (nSPS) is 25.0. The predicted octanol–water partition coefficient (Wildman–Crippen LogP) is 2.02. The third-order valence-electron chi connectivity index (χ3n) is 2.99. The van der Waals surface area contributed by atoms with E-state index in [9.17, 15) is 4.79 Å². The van der Waals surface area contributed by atoms with Crippen LogP contribution in [0.1, 0.15) is 33.6 Å². The number of nitrogens with two attached hydrogens (primary N) is 1. The summed E-state index contributed by atoms with van der Waals surface area (Å²) >= 11 is 0. The maximum atomic E-state index is 10.5. The lowest BCUT2D eigenvalue weighted by Gasteiger charge is -2.35.